The van der Waals surface area contributed by atoms with Crippen LogP contribution >= 0.6 is 0 Å². The Bertz CT molecular complexity index is 1170. The fraction of sp³-hybridized carbons (Fsp3) is 0.200. The van der Waals surface area contributed by atoms with Gasteiger partial charge in [-0.05, 0) is 53.8 Å². The first-order chi connectivity index (χ1) is 15.2. The van der Waals surface area contributed by atoms with Crippen LogP contribution in [0.15, 0.2) is 66.9 Å². The monoisotopic (exact) mass is 413 g/mol. The number of carbonyl (C=O) groups excluding carboxylic acids is 1. The van der Waals surface area contributed by atoms with Gasteiger partial charge in [0.2, 0.25) is 0 Å². The molecule has 0 spiro atoms. The van der Waals surface area contributed by atoms with Gasteiger partial charge in [0.1, 0.15) is 5.75 Å². The smallest absolute Gasteiger partial charge is 0.265 e. The Labute approximate surface area is 180 Å². The molecule has 156 valence electrons. The van der Waals surface area contributed by atoms with Gasteiger partial charge in [0, 0.05) is 30.2 Å². The Hall–Kier alpha value is -3.64. The van der Waals surface area contributed by atoms with E-state index >= 15 is 0 Å². The van der Waals surface area contributed by atoms with Gasteiger partial charge in [-0.25, -0.2) is 0 Å². The summed E-state index contributed by atoms with van der Waals surface area (Å²) >= 11 is 0. The van der Waals surface area contributed by atoms with Crippen LogP contribution in [0.4, 0.5) is 17.1 Å². The van der Waals surface area contributed by atoms with E-state index in [9.17, 15) is 9.90 Å². The third-order valence-electron chi connectivity index (χ3n) is 5.71. The van der Waals surface area contributed by atoms with E-state index in [1.807, 2.05) is 29.2 Å². The number of nitrogens with one attached hydrogen (secondary N) is 1. The molecule has 6 nitrogen and oxygen atoms in total. The van der Waals surface area contributed by atoms with Crippen LogP contribution in [0.25, 0.3) is 5.57 Å². The van der Waals surface area contributed by atoms with Crippen molar-refractivity contribution in [2.75, 3.05) is 23.4 Å². The lowest BCUT2D eigenvalue weighted by Crippen LogP contribution is -2.39. The van der Waals surface area contributed by atoms with Gasteiger partial charge in [-0.3, -0.25) is 9.78 Å². The molecule has 3 aromatic rings. The molecular formula is C25H23N3O3. The maximum absolute atomic E-state index is 12.6. The average molecular weight is 413 g/mol. The van der Waals surface area contributed by atoms with Crippen molar-refractivity contribution in [2.45, 2.75) is 19.4 Å². The number of aliphatic hydroxyl groups excluding tert-OH is 1. The van der Waals surface area contributed by atoms with Crippen LogP contribution in [0.5, 0.6) is 5.75 Å². The Morgan fingerprint density at radius 3 is 2.87 bits per heavy atom. The fourth-order valence-electron chi connectivity index (χ4n) is 4.16. The minimum absolute atomic E-state index is 0.0261. The maximum Gasteiger partial charge on any atom is 0.265 e. The van der Waals surface area contributed by atoms with Crippen LogP contribution in [-0.4, -0.2) is 29.1 Å². The number of ether oxygens (including phenoxy) is 1. The van der Waals surface area contributed by atoms with Crippen LogP contribution in [0.1, 0.15) is 23.2 Å². The summed E-state index contributed by atoms with van der Waals surface area (Å²) in [5.41, 5.74) is 7.00. The summed E-state index contributed by atoms with van der Waals surface area (Å²) in [4.78, 5) is 18.5. The Kier molecular flexibility index (Phi) is 5.14. The molecule has 2 aromatic carbocycles. The third kappa shape index (κ3) is 3.90. The number of aromatic nitrogens is 1. The molecule has 2 heterocycles. The van der Waals surface area contributed by atoms with E-state index < -0.39 is 0 Å². The molecule has 0 atom stereocenters. The molecule has 0 unspecified atom stereocenters. The Morgan fingerprint density at radius 2 is 1.97 bits per heavy atom. The molecule has 2 N–H and O–H groups in total. The number of hydrogen-bond acceptors (Lipinski definition) is 5. The lowest BCUT2D eigenvalue weighted by Gasteiger charge is -2.30. The number of hydrogen-bond donors (Lipinski definition) is 2. The van der Waals surface area contributed by atoms with Crippen molar-refractivity contribution >= 4 is 28.5 Å². The molecule has 1 aromatic heterocycles. The van der Waals surface area contributed by atoms with E-state index in [1.54, 1.807) is 12.3 Å². The summed E-state index contributed by atoms with van der Waals surface area (Å²) in [6, 6.07) is 17.8. The topological polar surface area (TPSA) is 74.7 Å². The van der Waals surface area contributed by atoms with Crippen LogP contribution in [0.3, 0.4) is 0 Å². The molecule has 1 amide bonds. The number of fused-ring (bicyclic) bond motifs is 2. The zero-order valence-corrected chi connectivity index (χ0v) is 17.0. The van der Waals surface area contributed by atoms with Crippen LogP contribution < -0.4 is 15.0 Å². The molecule has 0 fully saturated rings. The average Bonchev–Trinajstić information content (AvgIpc) is 3.22. The molecule has 31 heavy (non-hydrogen) atoms. The van der Waals surface area contributed by atoms with E-state index in [0.29, 0.717) is 18.0 Å². The summed E-state index contributed by atoms with van der Waals surface area (Å²) in [7, 11) is 0. The zero-order valence-electron chi connectivity index (χ0n) is 17.0. The first kappa shape index (κ1) is 19.3. The number of allylic oxidation sites excluding steroid dienone is 1. The molecule has 5 rings (SSSR count). The molecule has 0 saturated heterocycles. The Balaban J connectivity index is 1.33. The van der Waals surface area contributed by atoms with Crippen LogP contribution in [0.2, 0.25) is 0 Å². The standard InChI is InChI=1S/C25H23N3O3/c29-15-21-13-20(9-11-26-21)27-19-7-8-23-24(14-19)31-16-25(30)28(23)12-10-18-6-5-17-3-1-2-4-22(17)18/h1-4,6-9,11,13-14,29H,5,10,12,15-16H2,(H,26,27). The first-order valence-electron chi connectivity index (χ1n) is 10.4. The summed E-state index contributed by atoms with van der Waals surface area (Å²) in [6.45, 7) is 0.545. The van der Waals surface area contributed by atoms with Gasteiger partial charge in [0.25, 0.3) is 5.91 Å². The lowest BCUT2D eigenvalue weighted by atomic mass is 10.0. The van der Waals surface area contributed by atoms with Crippen LogP contribution in [0, 0.1) is 0 Å². The van der Waals surface area contributed by atoms with Crippen molar-refractivity contribution in [1.82, 2.24) is 4.98 Å². The van der Waals surface area contributed by atoms with Crippen molar-refractivity contribution < 1.29 is 14.6 Å². The highest BCUT2D eigenvalue weighted by Gasteiger charge is 2.26. The first-order valence-corrected chi connectivity index (χ1v) is 10.4. The predicted molar refractivity (Wildman–Crippen MR) is 120 cm³/mol. The van der Waals surface area contributed by atoms with Gasteiger partial charge in [-0.2, -0.15) is 0 Å². The zero-order chi connectivity index (χ0) is 21.2. The van der Waals surface area contributed by atoms with E-state index in [4.69, 9.17) is 4.74 Å². The van der Waals surface area contributed by atoms with Gasteiger partial charge in [0.15, 0.2) is 6.61 Å². The second-order valence-electron chi connectivity index (χ2n) is 7.68. The van der Waals surface area contributed by atoms with Crippen molar-refractivity contribution in [3.63, 3.8) is 0 Å². The van der Waals surface area contributed by atoms with Crippen molar-refractivity contribution in [2.24, 2.45) is 0 Å². The number of anilines is 3. The third-order valence-corrected chi connectivity index (χ3v) is 5.71. The van der Waals surface area contributed by atoms with Gasteiger partial charge < -0.3 is 20.1 Å². The molecular weight excluding hydrogens is 390 g/mol. The number of amides is 1. The fourth-order valence-corrected chi connectivity index (χ4v) is 4.16. The highest BCUT2D eigenvalue weighted by molar-refractivity contribution is 5.98. The SMILES string of the molecule is O=C1COc2cc(Nc3ccnc(CO)c3)ccc2N1CCC1=CCc2ccccc21. The molecule has 0 radical (unpaired) electrons. The largest absolute Gasteiger partial charge is 0.481 e. The highest BCUT2D eigenvalue weighted by atomic mass is 16.5. The predicted octanol–water partition coefficient (Wildman–Crippen LogP) is 4.07. The minimum atomic E-state index is -0.110. The number of rotatable bonds is 6. The summed E-state index contributed by atoms with van der Waals surface area (Å²) < 4.78 is 5.72. The van der Waals surface area contributed by atoms with E-state index in [0.717, 1.165) is 29.9 Å². The Morgan fingerprint density at radius 1 is 1.10 bits per heavy atom. The highest BCUT2D eigenvalue weighted by Crippen LogP contribution is 2.37. The van der Waals surface area contributed by atoms with E-state index in [1.165, 1.54) is 16.7 Å². The maximum atomic E-state index is 12.6. The van der Waals surface area contributed by atoms with E-state index in [-0.39, 0.29) is 19.1 Å². The second-order valence-corrected chi connectivity index (χ2v) is 7.68. The molecule has 2 aliphatic rings. The van der Waals surface area contributed by atoms with Crippen molar-refractivity contribution in [1.29, 1.82) is 0 Å². The van der Waals surface area contributed by atoms with E-state index in [2.05, 4.69) is 40.6 Å². The second kappa shape index (κ2) is 8.24. The number of aliphatic hydroxyl groups is 1. The summed E-state index contributed by atoms with van der Waals surface area (Å²) in [5.74, 6) is 0.656. The number of nitrogens with zero attached hydrogens (tertiary/aromatic N) is 2. The summed E-state index contributed by atoms with van der Waals surface area (Å²) in [6.07, 6.45) is 5.68. The number of pyridine rings is 1. The van der Waals surface area contributed by atoms with Gasteiger partial charge >= 0.3 is 0 Å². The van der Waals surface area contributed by atoms with Gasteiger partial charge in [-0.15, -0.1) is 0 Å². The van der Waals surface area contributed by atoms with Gasteiger partial charge in [-0.1, -0.05) is 30.3 Å². The molecule has 1 aliphatic heterocycles. The number of benzene rings is 2. The minimum Gasteiger partial charge on any atom is -0.481 e. The summed E-state index contributed by atoms with van der Waals surface area (Å²) in [5, 5.41) is 12.6. The van der Waals surface area contributed by atoms with Crippen molar-refractivity contribution in [3.8, 4) is 5.75 Å². The molecule has 1 aliphatic carbocycles. The van der Waals surface area contributed by atoms with Crippen molar-refractivity contribution in [3.05, 3.63) is 83.7 Å². The molecule has 6 heteroatoms. The van der Waals surface area contributed by atoms with Crippen LogP contribution in [-0.2, 0) is 17.8 Å². The lowest BCUT2D eigenvalue weighted by molar-refractivity contribution is -0.121. The quantitative estimate of drug-likeness (QED) is 0.637. The van der Waals surface area contributed by atoms with Gasteiger partial charge in [0.05, 0.1) is 18.0 Å². The molecule has 0 bridgehead atoms. The normalized spacial score (nSPS) is 14.5. The molecule has 0 saturated carbocycles. The number of carbonyl (C=O) groups is 1.